The van der Waals surface area contributed by atoms with Gasteiger partial charge >= 0.3 is 0 Å². The van der Waals surface area contributed by atoms with Gasteiger partial charge < -0.3 is 14.5 Å². The van der Waals surface area contributed by atoms with E-state index in [4.69, 9.17) is 16.3 Å². The van der Waals surface area contributed by atoms with Gasteiger partial charge in [-0.15, -0.1) is 11.3 Å². The quantitative estimate of drug-likeness (QED) is 0.485. The van der Waals surface area contributed by atoms with E-state index in [0.29, 0.717) is 36.8 Å². The number of hydrogen-bond donors (Lipinski definition) is 0. The number of methoxy groups -OCH3 is 1. The van der Waals surface area contributed by atoms with E-state index in [2.05, 4.69) is 28.5 Å². The summed E-state index contributed by atoms with van der Waals surface area (Å²) in [4.78, 5) is 34.0. The fraction of sp³-hybridized carbons (Fsp3) is 0.357. The molecule has 1 aromatic heterocycles. The second kappa shape index (κ2) is 10.6. The van der Waals surface area contributed by atoms with Gasteiger partial charge in [-0.05, 0) is 60.2 Å². The van der Waals surface area contributed by atoms with Crippen molar-refractivity contribution in [3.63, 3.8) is 0 Å². The lowest BCUT2D eigenvalue weighted by molar-refractivity contribution is -0.135. The van der Waals surface area contributed by atoms with E-state index in [1.165, 1.54) is 10.4 Å². The molecule has 3 heterocycles. The number of thiophene rings is 1. The Morgan fingerprint density at radius 1 is 1.06 bits per heavy atom. The Labute approximate surface area is 221 Å². The minimum Gasteiger partial charge on any atom is -0.497 e. The summed E-state index contributed by atoms with van der Waals surface area (Å²) in [7, 11) is 1.67. The van der Waals surface area contributed by atoms with Gasteiger partial charge in [0.1, 0.15) is 5.75 Å². The Morgan fingerprint density at radius 3 is 2.56 bits per heavy atom. The van der Waals surface area contributed by atoms with Crippen molar-refractivity contribution in [2.75, 3.05) is 39.8 Å². The highest BCUT2D eigenvalue weighted by Gasteiger charge is 2.35. The zero-order valence-corrected chi connectivity index (χ0v) is 22.1. The van der Waals surface area contributed by atoms with Crippen molar-refractivity contribution in [3.8, 4) is 5.75 Å². The van der Waals surface area contributed by atoms with Crippen LogP contribution >= 0.6 is 22.9 Å². The number of rotatable bonds is 5. The number of fused-ring (bicyclic) bond motifs is 1. The molecule has 1 saturated heterocycles. The number of piperazine rings is 1. The summed E-state index contributed by atoms with van der Waals surface area (Å²) in [6, 6.07) is 17.4. The summed E-state index contributed by atoms with van der Waals surface area (Å²) in [5.74, 6) is 0.839. The maximum Gasteiger partial charge on any atom is 0.255 e. The summed E-state index contributed by atoms with van der Waals surface area (Å²) in [5, 5.41) is 2.60. The molecule has 2 aliphatic rings. The molecule has 0 spiro atoms. The number of carbonyl (C=O) groups is 2. The highest BCUT2D eigenvalue weighted by molar-refractivity contribution is 7.10. The zero-order valence-electron chi connectivity index (χ0n) is 20.5. The number of halogens is 1. The number of amides is 2. The number of nitrogens with zero attached hydrogens (tertiary/aromatic N) is 3. The summed E-state index contributed by atoms with van der Waals surface area (Å²) >= 11 is 8.05. The smallest absolute Gasteiger partial charge is 0.255 e. The van der Waals surface area contributed by atoms with Crippen molar-refractivity contribution in [3.05, 3.63) is 86.6 Å². The normalized spacial score (nSPS) is 20.2. The summed E-state index contributed by atoms with van der Waals surface area (Å²) in [6.45, 7) is 4.69. The SMILES string of the molecule is COc1ccc(C2c3ccsc3CCN2CC(=O)N2CCN(C(=O)c3ccccc3Cl)C(C)C2)cc1. The van der Waals surface area contributed by atoms with Crippen LogP contribution in [-0.4, -0.2) is 72.4 Å². The molecule has 5 rings (SSSR count). The molecule has 188 valence electrons. The minimum atomic E-state index is -0.0892. The van der Waals surface area contributed by atoms with Crippen LogP contribution in [0.25, 0.3) is 0 Å². The first-order valence-electron chi connectivity index (χ1n) is 12.2. The maximum atomic E-state index is 13.5. The molecule has 0 aliphatic carbocycles. The molecule has 6 nitrogen and oxygen atoms in total. The Bertz CT molecular complexity index is 1240. The second-order valence-corrected chi connectivity index (χ2v) is 10.8. The van der Waals surface area contributed by atoms with Crippen molar-refractivity contribution < 1.29 is 14.3 Å². The topological polar surface area (TPSA) is 53.1 Å². The minimum absolute atomic E-state index is 0.0374. The van der Waals surface area contributed by atoms with Crippen molar-refractivity contribution in [1.82, 2.24) is 14.7 Å². The first-order chi connectivity index (χ1) is 17.5. The van der Waals surface area contributed by atoms with E-state index in [1.807, 2.05) is 41.0 Å². The van der Waals surface area contributed by atoms with Crippen LogP contribution < -0.4 is 4.74 Å². The van der Waals surface area contributed by atoms with E-state index in [1.54, 1.807) is 30.6 Å². The van der Waals surface area contributed by atoms with E-state index in [-0.39, 0.29) is 23.9 Å². The van der Waals surface area contributed by atoms with Crippen molar-refractivity contribution in [2.24, 2.45) is 0 Å². The monoisotopic (exact) mass is 523 g/mol. The maximum absolute atomic E-state index is 13.5. The molecule has 0 radical (unpaired) electrons. The van der Waals surface area contributed by atoms with Crippen molar-refractivity contribution >= 4 is 34.8 Å². The zero-order chi connectivity index (χ0) is 25.2. The van der Waals surface area contributed by atoms with Crippen LogP contribution in [0.1, 0.15) is 39.3 Å². The molecule has 2 amide bonds. The molecule has 36 heavy (non-hydrogen) atoms. The van der Waals surface area contributed by atoms with Gasteiger partial charge in [0.2, 0.25) is 5.91 Å². The summed E-state index contributed by atoms with van der Waals surface area (Å²) in [6.07, 6.45) is 0.948. The van der Waals surface area contributed by atoms with E-state index < -0.39 is 0 Å². The van der Waals surface area contributed by atoms with Crippen LogP contribution in [0, 0.1) is 0 Å². The lowest BCUT2D eigenvalue weighted by atomic mass is 9.93. The van der Waals surface area contributed by atoms with Gasteiger partial charge in [0.05, 0.1) is 30.3 Å². The Morgan fingerprint density at radius 2 is 1.83 bits per heavy atom. The van der Waals surface area contributed by atoms with Gasteiger partial charge in [0.25, 0.3) is 5.91 Å². The molecule has 2 aromatic carbocycles. The number of carbonyl (C=O) groups excluding carboxylic acids is 2. The second-order valence-electron chi connectivity index (χ2n) is 9.36. The highest BCUT2D eigenvalue weighted by atomic mass is 35.5. The average Bonchev–Trinajstić information content (AvgIpc) is 3.37. The van der Waals surface area contributed by atoms with Crippen LogP contribution in [0.4, 0.5) is 0 Å². The van der Waals surface area contributed by atoms with E-state index in [9.17, 15) is 9.59 Å². The van der Waals surface area contributed by atoms with Gasteiger partial charge in [-0.25, -0.2) is 0 Å². The molecule has 0 saturated carbocycles. The number of hydrogen-bond acceptors (Lipinski definition) is 5. The third-order valence-electron chi connectivity index (χ3n) is 7.18. The molecule has 0 N–H and O–H groups in total. The fourth-order valence-corrected chi connectivity index (χ4v) is 6.38. The predicted octanol–water partition coefficient (Wildman–Crippen LogP) is 4.73. The molecular weight excluding hydrogens is 494 g/mol. The molecule has 2 atom stereocenters. The highest BCUT2D eigenvalue weighted by Crippen LogP contribution is 2.38. The predicted molar refractivity (Wildman–Crippen MR) is 143 cm³/mol. The van der Waals surface area contributed by atoms with Gasteiger partial charge in [0, 0.05) is 37.1 Å². The molecule has 1 fully saturated rings. The summed E-state index contributed by atoms with van der Waals surface area (Å²) < 4.78 is 5.34. The Hall–Kier alpha value is -2.87. The molecule has 3 aromatic rings. The Balaban J connectivity index is 1.28. The van der Waals surface area contributed by atoms with Crippen LogP contribution in [0.2, 0.25) is 5.02 Å². The first kappa shape index (κ1) is 24.8. The molecule has 8 heteroatoms. The lowest BCUT2D eigenvalue weighted by Gasteiger charge is -2.42. The van der Waals surface area contributed by atoms with Gasteiger partial charge in [0.15, 0.2) is 0 Å². The van der Waals surface area contributed by atoms with Gasteiger partial charge in [-0.1, -0.05) is 35.9 Å². The van der Waals surface area contributed by atoms with Crippen LogP contribution in [-0.2, 0) is 11.2 Å². The largest absolute Gasteiger partial charge is 0.497 e. The molecule has 2 aliphatic heterocycles. The fourth-order valence-electron chi connectivity index (χ4n) is 5.26. The number of ether oxygens (including phenoxy) is 1. The van der Waals surface area contributed by atoms with Gasteiger partial charge in [-0.2, -0.15) is 0 Å². The van der Waals surface area contributed by atoms with E-state index in [0.717, 1.165) is 24.3 Å². The van der Waals surface area contributed by atoms with Crippen LogP contribution in [0.5, 0.6) is 5.75 Å². The summed E-state index contributed by atoms with van der Waals surface area (Å²) in [5.41, 5.74) is 2.95. The molecule has 0 bridgehead atoms. The number of benzene rings is 2. The van der Waals surface area contributed by atoms with Crippen LogP contribution in [0.15, 0.2) is 60.0 Å². The van der Waals surface area contributed by atoms with Crippen molar-refractivity contribution in [2.45, 2.75) is 25.4 Å². The third-order valence-corrected chi connectivity index (χ3v) is 8.51. The molecule has 2 unspecified atom stereocenters. The van der Waals surface area contributed by atoms with Crippen molar-refractivity contribution in [1.29, 1.82) is 0 Å². The Kier molecular flexibility index (Phi) is 7.32. The third kappa shape index (κ3) is 4.88. The van der Waals surface area contributed by atoms with Gasteiger partial charge in [-0.3, -0.25) is 14.5 Å². The molecular formula is C28H30ClN3O3S. The first-order valence-corrected chi connectivity index (χ1v) is 13.5. The standard InChI is InChI=1S/C28H30ClN3O3S/c1-19-17-30(14-15-32(19)28(34)22-5-3-4-6-24(22)29)26(33)18-31-13-11-25-23(12-16-36-25)27(31)20-7-9-21(35-2)10-8-20/h3-10,12,16,19,27H,11,13-15,17-18H2,1-2H3. The average molecular weight is 524 g/mol. The van der Waals surface area contributed by atoms with Crippen LogP contribution in [0.3, 0.4) is 0 Å². The lowest BCUT2D eigenvalue weighted by Crippen LogP contribution is -2.57. The van der Waals surface area contributed by atoms with E-state index >= 15 is 0 Å².